The number of ketones is 1. The van der Waals surface area contributed by atoms with Gasteiger partial charge in [-0.25, -0.2) is 4.98 Å². The molecule has 2 aromatic rings. The van der Waals surface area contributed by atoms with Crippen molar-refractivity contribution in [2.24, 2.45) is 11.8 Å². The van der Waals surface area contributed by atoms with Crippen LogP contribution in [-0.2, 0) is 33.6 Å². The predicted molar refractivity (Wildman–Crippen MR) is 126 cm³/mol. The van der Waals surface area contributed by atoms with Crippen molar-refractivity contribution in [2.75, 3.05) is 20.3 Å². The van der Waals surface area contributed by atoms with E-state index in [2.05, 4.69) is 11.1 Å². The average molecular weight is 465 g/mol. The van der Waals surface area contributed by atoms with Gasteiger partial charge in [-0.05, 0) is 73.8 Å². The first-order chi connectivity index (χ1) is 16.4. The molecule has 1 aromatic carbocycles. The first kappa shape index (κ1) is 25.4. The van der Waals surface area contributed by atoms with E-state index in [1.165, 1.54) is 7.11 Å². The third-order valence-corrected chi connectivity index (χ3v) is 6.66. The minimum atomic E-state index is -0.309. The Bertz CT molecular complexity index is 1070. The van der Waals surface area contributed by atoms with Crippen molar-refractivity contribution in [3.8, 4) is 11.9 Å². The summed E-state index contributed by atoms with van der Waals surface area (Å²) in [5.74, 6) is 0.323. The van der Waals surface area contributed by atoms with Crippen molar-refractivity contribution in [3.63, 3.8) is 0 Å². The third kappa shape index (κ3) is 6.21. The molecule has 0 aliphatic heterocycles. The molecule has 1 N–H and O–H groups in total. The number of pyridine rings is 1. The Hall–Kier alpha value is -3.24. The third-order valence-electron chi connectivity index (χ3n) is 6.66. The van der Waals surface area contributed by atoms with Crippen molar-refractivity contribution in [1.82, 2.24) is 4.98 Å². The molecule has 1 aromatic heterocycles. The number of nitrogens with zero attached hydrogens (tertiary/aromatic N) is 2. The number of nitriles is 1. The van der Waals surface area contributed by atoms with E-state index in [1.54, 1.807) is 6.07 Å². The number of methoxy groups -OCH3 is 1. The number of aryl methyl sites for hydroxylation is 3. The number of ether oxygens (including phenoxy) is 2. The number of hydrogen-bond donors (Lipinski definition) is 1. The Morgan fingerprint density at radius 1 is 1.26 bits per heavy atom. The van der Waals surface area contributed by atoms with Gasteiger partial charge in [0.05, 0.1) is 31.3 Å². The maximum atomic E-state index is 12.6. The fourth-order valence-corrected chi connectivity index (χ4v) is 4.74. The smallest absolute Gasteiger partial charge is 0.305 e. The highest BCUT2D eigenvalue weighted by atomic mass is 16.5. The molecule has 7 nitrogen and oxygen atoms in total. The van der Waals surface area contributed by atoms with Crippen LogP contribution in [0.4, 0.5) is 0 Å². The van der Waals surface area contributed by atoms with Crippen molar-refractivity contribution in [2.45, 2.75) is 52.4 Å². The summed E-state index contributed by atoms with van der Waals surface area (Å²) in [4.78, 5) is 28.7. The van der Waals surface area contributed by atoms with Crippen LogP contribution in [0.3, 0.4) is 0 Å². The lowest BCUT2D eigenvalue weighted by Crippen LogP contribution is -2.24. The van der Waals surface area contributed by atoms with Crippen molar-refractivity contribution < 1.29 is 24.2 Å². The molecule has 7 heteroatoms. The van der Waals surface area contributed by atoms with Crippen molar-refractivity contribution >= 4 is 11.8 Å². The second-order valence-corrected chi connectivity index (χ2v) is 8.88. The van der Waals surface area contributed by atoms with Crippen LogP contribution in [0.2, 0.25) is 0 Å². The second-order valence-electron chi connectivity index (χ2n) is 8.88. The summed E-state index contributed by atoms with van der Waals surface area (Å²) in [6, 6.07) is 9.73. The standard InChI is InChI=1S/C27H32N2O5/c1-17-12-26(29-18(2)23(17)10-11-30)34-16-24-21(6-8-25(24)31)14-19-4-5-22(15-28)20(13-19)7-9-27(32)33-3/h4-5,12-13,21,24,30H,6-11,14,16H2,1-3H3/t21-,24-/m1/s1. The van der Waals surface area contributed by atoms with Gasteiger partial charge in [0.15, 0.2) is 0 Å². The average Bonchev–Trinajstić information content (AvgIpc) is 3.17. The van der Waals surface area contributed by atoms with Gasteiger partial charge in [-0.15, -0.1) is 0 Å². The molecule has 0 unspecified atom stereocenters. The number of benzene rings is 1. The quantitative estimate of drug-likeness (QED) is 0.537. The van der Waals surface area contributed by atoms with Crippen LogP contribution in [0, 0.1) is 37.0 Å². The molecule has 0 amide bonds. The van der Waals surface area contributed by atoms with Gasteiger partial charge >= 0.3 is 5.97 Å². The summed E-state index contributed by atoms with van der Waals surface area (Å²) in [6.45, 7) is 4.22. The van der Waals surface area contributed by atoms with E-state index in [4.69, 9.17) is 9.47 Å². The highest BCUT2D eigenvalue weighted by Crippen LogP contribution is 2.33. The molecule has 0 bridgehead atoms. The highest BCUT2D eigenvalue weighted by molar-refractivity contribution is 5.83. The van der Waals surface area contributed by atoms with Crippen molar-refractivity contribution in [1.29, 1.82) is 5.26 Å². The van der Waals surface area contributed by atoms with Crippen LogP contribution in [0.1, 0.15) is 52.8 Å². The van der Waals surface area contributed by atoms with E-state index in [-0.39, 0.29) is 43.2 Å². The minimum Gasteiger partial charge on any atom is -0.477 e. The summed E-state index contributed by atoms with van der Waals surface area (Å²) in [6.07, 6.45) is 3.25. The van der Waals surface area contributed by atoms with Gasteiger partial charge < -0.3 is 14.6 Å². The Balaban J connectivity index is 1.69. The van der Waals surface area contributed by atoms with Gasteiger partial charge in [0.1, 0.15) is 5.78 Å². The second kappa shape index (κ2) is 11.8. The summed E-state index contributed by atoms with van der Waals surface area (Å²) >= 11 is 0. The van der Waals surface area contributed by atoms with Crippen LogP contribution in [0.15, 0.2) is 24.3 Å². The molecule has 1 heterocycles. The summed E-state index contributed by atoms with van der Waals surface area (Å²) in [5, 5.41) is 18.7. The highest BCUT2D eigenvalue weighted by Gasteiger charge is 2.35. The first-order valence-corrected chi connectivity index (χ1v) is 11.7. The van der Waals surface area contributed by atoms with Gasteiger partial charge in [0.25, 0.3) is 0 Å². The number of carbonyl (C=O) groups is 2. The molecule has 1 aliphatic carbocycles. The van der Waals surface area contributed by atoms with Gasteiger partial charge in [-0.1, -0.05) is 12.1 Å². The number of aliphatic hydroxyl groups excluding tert-OH is 1. The van der Waals surface area contributed by atoms with Gasteiger partial charge in [-0.2, -0.15) is 5.26 Å². The number of Topliss-reactive ketones (excluding diaryl/α,β-unsaturated/α-hetero) is 1. The van der Waals surface area contributed by atoms with E-state index in [1.807, 2.05) is 32.0 Å². The SMILES string of the molecule is COC(=O)CCc1cc(C[C@H]2CCC(=O)[C@@H]2COc2cc(C)c(CCO)c(C)n2)ccc1C#N. The lowest BCUT2D eigenvalue weighted by atomic mass is 9.88. The lowest BCUT2D eigenvalue weighted by molar-refractivity contribution is -0.140. The molecule has 0 saturated heterocycles. The zero-order valence-electron chi connectivity index (χ0n) is 20.1. The largest absolute Gasteiger partial charge is 0.477 e. The van der Waals surface area contributed by atoms with Crippen LogP contribution in [0.25, 0.3) is 0 Å². The Morgan fingerprint density at radius 3 is 2.74 bits per heavy atom. The van der Waals surface area contributed by atoms with E-state index in [0.717, 1.165) is 34.4 Å². The van der Waals surface area contributed by atoms with Crippen LogP contribution in [-0.4, -0.2) is 42.2 Å². The fraction of sp³-hybridized carbons (Fsp3) is 0.481. The van der Waals surface area contributed by atoms with E-state index in [9.17, 15) is 20.0 Å². The first-order valence-electron chi connectivity index (χ1n) is 11.7. The van der Waals surface area contributed by atoms with Gasteiger partial charge in [0.2, 0.25) is 5.88 Å². The molecule has 3 rings (SSSR count). The molecule has 180 valence electrons. The summed E-state index contributed by atoms with van der Waals surface area (Å²) in [5.41, 5.74) is 5.28. The molecular weight excluding hydrogens is 432 g/mol. The monoisotopic (exact) mass is 464 g/mol. The fourth-order valence-electron chi connectivity index (χ4n) is 4.74. The topological polar surface area (TPSA) is 110 Å². The number of aromatic nitrogens is 1. The molecule has 0 radical (unpaired) electrons. The van der Waals surface area contributed by atoms with Crippen LogP contribution < -0.4 is 4.74 Å². The zero-order chi connectivity index (χ0) is 24.7. The number of esters is 1. The molecule has 0 spiro atoms. The van der Waals surface area contributed by atoms with Crippen LogP contribution in [0.5, 0.6) is 5.88 Å². The predicted octanol–water partition coefficient (Wildman–Crippen LogP) is 3.43. The summed E-state index contributed by atoms with van der Waals surface area (Å²) in [7, 11) is 1.35. The van der Waals surface area contributed by atoms with E-state index in [0.29, 0.717) is 37.1 Å². The maximum Gasteiger partial charge on any atom is 0.305 e. The Kier molecular flexibility index (Phi) is 8.78. The van der Waals surface area contributed by atoms with Gasteiger partial charge in [-0.3, -0.25) is 9.59 Å². The van der Waals surface area contributed by atoms with Crippen molar-refractivity contribution in [3.05, 3.63) is 57.8 Å². The van der Waals surface area contributed by atoms with Crippen LogP contribution >= 0.6 is 0 Å². The molecule has 1 aliphatic rings. The van der Waals surface area contributed by atoms with E-state index < -0.39 is 0 Å². The number of carbonyl (C=O) groups excluding carboxylic acids is 2. The van der Waals surface area contributed by atoms with Gasteiger partial charge in [0, 0.05) is 31.2 Å². The normalized spacial score (nSPS) is 17.4. The molecule has 2 atom stereocenters. The van der Waals surface area contributed by atoms with E-state index >= 15 is 0 Å². The Labute approximate surface area is 200 Å². The molecule has 34 heavy (non-hydrogen) atoms. The number of rotatable bonds is 10. The molecular formula is C27H32N2O5. The molecule has 1 fully saturated rings. The maximum absolute atomic E-state index is 12.6. The number of aliphatic hydroxyl groups is 1. The Morgan fingerprint density at radius 2 is 2.06 bits per heavy atom. The lowest BCUT2D eigenvalue weighted by Gasteiger charge is -2.20. The number of hydrogen-bond acceptors (Lipinski definition) is 7. The zero-order valence-corrected chi connectivity index (χ0v) is 20.1. The minimum absolute atomic E-state index is 0.0710. The summed E-state index contributed by atoms with van der Waals surface area (Å²) < 4.78 is 10.7. The molecule has 1 saturated carbocycles.